The molecule has 5 heteroatoms. The van der Waals surface area contributed by atoms with E-state index in [4.69, 9.17) is 0 Å². The maximum absolute atomic E-state index is 12.2. The third-order valence-electron chi connectivity index (χ3n) is 4.76. The number of hydrogen-bond acceptors (Lipinski definition) is 3. The molecule has 1 saturated heterocycles. The zero-order valence-corrected chi connectivity index (χ0v) is 13.2. The number of likely N-dealkylation sites (tertiary alicyclic amines) is 1. The van der Waals surface area contributed by atoms with Crippen molar-refractivity contribution in [1.29, 1.82) is 0 Å². The summed E-state index contributed by atoms with van der Waals surface area (Å²) >= 11 is 0. The minimum absolute atomic E-state index is 0.00167. The maximum atomic E-state index is 12.2. The van der Waals surface area contributed by atoms with E-state index in [0.29, 0.717) is 37.3 Å². The molecule has 2 N–H and O–H groups in total. The molecular weight excluding hydrogens is 268 g/mol. The molecule has 120 valence electrons. The Morgan fingerprint density at radius 1 is 1.38 bits per heavy atom. The quantitative estimate of drug-likeness (QED) is 0.769. The lowest BCUT2D eigenvalue weighted by atomic mass is 9.96. The molecule has 0 spiro atoms. The fraction of sp³-hybridized carbons (Fsp3) is 0.875. The molecule has 1 saturated carbocycles. The standard InChI is InChI=1S/C16H28N2O3/c1-11(2)8-18-9-14(6-15(18)20)16(21)17-7-12-4-3-5-13(12)10-19/h11-14,19H,3-10H2,1-2H3,(H,17,21). The van der Waals surface area contributed by atoms with Gasteiger partial charge in [0.2, 0.25) is 11.8 Å². The molecule has 0 aromatic rings. The summed E-state index contributed by atoms with van der Waals surface area (Å²) in [6.45, 7) is 6.30. The topological polar surface area (TPSA) is 69.6 Å². The second-order valence-corrected chi connectivity index (χ2v) is 6.97. The van der Waals surface area contributed by atoms with E-state index in [1.54, 1.807) is 4.90 Å². The Morgan fingerprint density at radius 2 is 2.10 bits per heavy atom. The number of rotatable bonds is 6. The maximum Gasteiger partial charge on any atom is 0.225 e. The Balaban J connectivity index is 1.78. The van der Waals surface area contributed by atoms with E-state index in [9.17, 15) is 14.7 Å². The van der Waals surface area contributed by atoms with Gasteiger partial charge in [0.25, 0.3) is 0 Å². The molecule has 0 aromatic carbocycles. The number of carbonyl (C=O) groups excluding carboxylic acids is 2. The highest BCUT2D eigenvalue weighted by Crippen LogP contribution is 2.30. The normalized spacial score (nSPS) is 29.4. The fourth-order valence-electron chi connectivity index (χ4n) is 3.56. The summed E-state index contributed by atoms with van der Waals surface area (Å²) < 4.78 is 0. The second kappa shape index (κ2) is 7.25. The third-order valence-corrected chi connectivity index (χ3v) is 4.76. The van der Waals surface area contributed by atoms with Gasteiger partial charge in [-0.05, 0) is 30.6 Å². The molecule has 1 aliphatic carbocycles. The van der Waals surface area contributed by atoms with Crippen molar-refractivity contribution >= 4 is 11.8 Å². The summed E-state index contributed by atoms with van der Waals surface area (Å²) in [5.41, 5.74) is 0. The summed E-state index contributed by atoms with van der Waals surface area (Å²) in [5.74, 6) is 1.04. The van der Waals surface area contributed by atoms with Gasteiger partial charge in [-0.1, -0.05) is 20.3 Å². The van der Waals surface area contributed by atoms with Crippen molar-refractivity contribution in [3.8, 4) is 0 Å². The van der Waals surface area contributed by atoms with Gasteiger partial charge < -0.3 is 15.3 Å². The summed E-state index contributed by atoms with van der Waals surface area (Å²) in [6.07, 6.45) is 3.61. The van der Waals surface area contributed by atoms with Crippen LogP contribution in [0.15, 0.2) is 0 Å². The third kappa shape index (κ3) is 4.19. The minimum Gasteiger partial charge on any atom is -0.396 e. The van der Waals surface area contributed by atoms with E-state index in [0.717, 1.165) is 25.8 Å². The van der Waals surface area contributed by atoms with Crippen molar-refractivity contribution in [2.45, 2.75) is 39.5 Å². The molecule has 2 aliphatic rings. The number of aliphatic hydroxyl groups is 1. The van der Waals surface area contributed by atoms with E-state index < -0.39 is 0 Å². The highest BCUT2D eigenvalue weighted by Gasteiger charge is 2.35. The van der Waals surface area contributed by atoms with Crippen LogP contribution in [-0.2, 0) is 9.59 Å². The van der Waals surface area contributed by atoms with E-state index >= 15 is 0 Å². The Bertz CT molecular complexity index is 384. The first kappa shape index (κ1) is 16.3. The van der Waals surface area contributed by atoms with Crippen molar-refractivity contribution in [3.63, 3.8) is 0 Å². The predicted molar refractivity (Wildman–Crippen MR) is 80.5 cm³/mol. The lowest BCUT2D eigenvalue weighted by Gasteiger charge is -2.20. The number of aliphatic hydroxyl groups excluding tert-OH is 1. The first-order chi connectivity index (χ1) is 10.0. The molecule has 5 nitrogen and oxygen atoms in total. The van der Waals surface area contributed by atoms with Crippen LogP contribution in [0.4, 0.5) is 0 Å². The number of amides is 2. The molecule has 1 heterocycles. The minimum atomic E-state index is -0.203. The predicted octanol–water partition coefficient (Wildman–Crippen LogP) is 1.02. The van der Waals surface area contributed by atoms with Crippen LogP contribution in [0.2, 0.25) is 0 Å². The Kier molecular flexibility index (Phi) is 5.62. The van der Waals surface area contributed by atoms with Crippen LogP contribution < -0.4 is 5.32 Å². The van der Waals surface area contributed by atoms with Crippen LogP contribution in [-0.4, -0.2) is 48.1 Å². The van der Waals surface area contributed by atoms with Gasteiger partial charge in [0.15, 0.2) is 0 Å². The number of nitrogens with zero attached hydrogens (tertiary/aromatic N) is 1. The molecule has 2 amide bonds. The van der Waals surface area contributed by atoms with Gasteiger partial charge in [0.05, 0.1) is 5.92 Å². The molecule has 1 aliphatic heterocycles. The smallest absolute Gasteiger partial charge is 0.225 e. The Labute approximate surface area is 127 Å². The number of nitrogens with one attached hydrogen (secondary N) is 1. The van der Waals surface area contributed by atoms with Crippen LogP contribution in [0.25, 0.3) is 0 Å². The Morgan fingerprint density at radius 3 is 2.76 bits per heavy atom. The van der Waals surface area contributed by atoms with Crippen molar-refractivity contribution in [1.82, 2.24) is 10.2 Å². The number of hydrogen-bond donors (Lipinski definition) is 2. The lowest BCUT2D eigenvalue weighted by Crippen LogP contribution is -2.37. The van der Waals surface area contributed by atoms with Gasteiger partial charge in [-0.2, -0.15) is 0 Å². The van der Waals surface area contributed by atoms with Crippen LogP contribution in [0.5, 0.6) is 0 Å². The van der Waals surface area contributed by atoms with Crippen LogP contribution >= 0.6 is 0 Å². The van der Waals surface area contributed by atoms with Gasteiger partial charge in [-0.15, -0.1) is 0 Å². The Hall–Kier alpha value is -1.10. The molecular formula is C16H28N2O3. The van der Waals surface area contributed by atoms with E-state index in [1.807, 2.05) is 0 Å². The summed E-state index contributed by atoms with van der Waals surface area (Å²) in [5, 5.41) is 12.3. The molecule has 2 fully saturated rings. The molecule has 0 radical (unpaired) electrons. The zero-order chi connectivity index (χ0) is 15.4. The summed E-state index contributed by atoms with van der Waals surface area (Å²) in [7, 11) is 0. The average Bonchev–Trinajstić information content (AvgIpc) is 3.02. The van der Waals surface area contributed by atoms with Gasteiger partial charge in [0.1, 0.15) is 0 Å². The average molecular weight is 296 g/mol. The first-order valence-electron chi connectivity index (χ1n) is 8.17. The zero-order valence-electron chi connectivity index (χ0n) is 13.2. The molecule has 3 atom stereocenters. The summed E-state index contributed by atoms with van der Waals surface area (Å²) in [6, 6.07) is 0. The van der Waals surface area contributed by atoms with Gasteiger partial charge in [-0.25, -0.2) is 0 Å². The van der Waals surface area contributed by atoms with Gasteiger partial charge in [0, 0.05) is 32.7 Å². The molecule has 3 unspecified atom stereocenters. The van der Waals surface area contributed by atoms with Gasteiger partial charge in [-0.3, -0.25) is 9.59 Å². The highest BCUT2D eigenvalue weighted by molar-refractivity contribution is 5.89. The molecule has 0 aromatic heterocycles. The molecule has 2 rings (SSSR count). The van der Waals surface area contributed by atoms with Crippen LogP contribution in [0, 0.1) is 23.7 Å². The summed E-state index contributed by atoms with van der Waals surface area (Å²) in [4.78, 5) is 25.9. The van der Waals surface area contributed by atoms with E-state index in [-0.39, 0.29) is 24.3 Å². The second-order valence-electron chi connectivity index (χ2n) is 6.97. The molecule has 21 heavy (non-hydrogen) atoms. The highest BCUT2D eigenvalue weighted by atomic mass is 16.3. The van der Waals surface area contributed by atoms with Crippen LogP contribution in [0.1, 0.15) is 39.5 Å². The largest absolute Gasteiger partial charge is 0.396 e. The lowest BCUT2D eigenvalue weighted by molar-refractivity contribution is -0.129. The van der Waals surface area contributed by atoms with Crippen molar-refractivity contribution in [2.75, 3.05) is 26.2 Å². The number of carbonyl (C=O) groups is 2. The fourth-order valence-corrected chi connectivity index (χ4v) is 3.56. The monoisotopic (exact) mass is 296 g/mol. The van der Waals surface area contributed by atoms with Crippen molar-refractivity contribution in [2.24, 2.45) is 23.7 Å². The molecule has 0 bridgehead atoms. The van der Waals surface area contributed by atoms with Crippen LogP contribution in [0.3, 0.4) is 0 Å². The van der Waals surface area contributed by atoms with Crippen molar-refractivity contribution in [3.05, 3.63) is 0 Å². The van der Waals surface area contributed by atoms with Gasteiger partial charge >= 0.3 is 0 Å². The first-order valence-corrected chi connectivity index (χ1v) is 8.17. The SMILES string of the molecule is CC(C)CN1CC(C(=O)NCC2CCCC2CO)CC1=O. The van der Waals surface area contributed by atoms with E-state index in [2.05, 4.69) is 19.2 Å². The van der Waals surface area contributed by atoms with Crippen molar-refractivity contribution < 1.29 is 14.7 Å². The van der Waals surface area contributed by atoms with E-state index in [1.165, 1.54) is 0 Å².